The van der Waals surface area contributed by atoms with Gasteiger partial charge < -0.3 is 10.0 Å². The normalized spacial score (nSPS) is 17.6. The number of thioether (sulfide) groups is 1. The first-order valence-electron chi connectivity index (χ1n) is 5.68. The fraction of sp³-hybridized carbons (Fsp3) is 0.417. The third-order valence-electron chi connectivity index (χ3n) is 2.91. The summed E-state index contributed by atoms with van der Waals surface area (Å²) in [7, 11) is 0. The molecule has 0 saturated heterocycles. The molecular weight excluding hydrogens is 284 g/mol. The minimum Gasteiger partial charge on any atom is -0.479 e. The van der Waals surface area contributed by atoms with Gasteiger partial charge in [-0.2, -0.15) is 5.26 Å². The number of carbonyl (C=O) groups excluding carboxylic acids is 1. The SMILES string of the molecule is N#CCSCC(=O)N1CCc2sccc2C1C(=O)O. The molecule has 2 heterocycles. The van der Waals surface area contributed by atoms with E-state index in [0.717, 1.165) is 10.4 Å². The zero-order valence-corrected chi connectivity index (χ0v) is 11.7. The first kappa shape index (κ1) is 13.9. The monoisotopic (exact) mass is 296 g/mol. The van der Waals surface area contributed by atoms with Crippen molar-refractivity contribution in [3.63, 3.8) is 0 Å². The van der Waals surface area contributed by atoms with E-state index < -0.39 is 12.0 Å². The van der Waals surface area contributed by atoms with Crippen molar-refractivity contribution in [2.75, 3.05) is 18.1 Å². The molecule has 2 rings (SSSR count). The van der Waals surface area contributed by atoms with E-state index in [4.69, 9.17) is 5.26 Å². The van der Waals surface area contributed by atoms with Gasteiger partial charge in [0.05, 0.1) is 17.6 Å². The Balaban J connectivity index is 2.15. The molecule has 1 unspecified atom stereocenters. The van der Waals surface area contributed by atoms with Gasteiger partial charge in [-0.3, -0.25) is 4.79 Å². The van der Waals surface area contributed by atoms with E-state index in [0.29, 0.717) is 13.0 Å². The molecule has 100 valence electrons. The van der Waals surface area contributed by atoms with Crippen molar-refractivity contribution < 1.29 is 14.7 Å². The van der Waals surface area contributed by atoms with Gasteiger partial charge in [0.2, 0.25) is 5.91 Å². The van der Waals surface area contributed by atoms with Gasteiger partial charge in [-0.25, -0.2) is 4.79 Å². The minimum absolute atomic E-state index is 0.150. The van der Waals surface area contributed by atoms with Crippen LogP contribution >= 0.6 is 23.1 Å². The first-order chi connectivity index (χ1) is 9.15. The van der Waals surface area contributed by atoms with Crippen molar-refractivity contribution in [2.45, 2.75) is 12.5 Å². The Labute approximate surface area is 118 Å². The van der Waals surface area contributed by atoms with Crippen molar-refractivity contribution in [3.8, 4) is 6.07 Å². The summed E-state index contributed by atoms with van der Waals surface area (Å²) in [5.41, 5.74) is 0.724. The van der Waals surface area contributed by atoms with E-state index in [9.17, 15) is 14.7 Å². The number of carboxylic acids is 1. The summed E-state index contributed by atoms with van der Waals surface area (Å²) < 4.78 is 0. The Hall–Kier alpha value is -1.52. The number of fused-ring (bicyclic) bond motifs is 1. The second-order valence-electron chi connectivity index (χ2n) is 4.03. The molecular formula is C12H12N2O3S2. The molecule has 0 spiro atoms. The Morgan fingerprint density at radius 3 is 3.11 bits per heavy atom. The van der Waals surface area contributed by atoms with Crippen LogP contribution in [0.25, 0.3) is 0 Å². The van der Waals surface area contributed by atoms with Gasteiger partial charge in [0.1, 0.15) is 0 Å². The quantitative estimate of drug-likeness (QED) is 0.852. The van der Waals surface area contributed by atoms with Crippen LogP contribution in [0.15, 0.2) is 11.4 Å². The second kappa shape index (κ2) is 6.08. The first-order valence-corrected chi connectivity index (χ1v) is 7.72. The molecule has 1 aliphatic heterocycles. The molecule has 1 aromatic rings. The zero-order valence-electron chi connectivity index (χ0n) is 10.0. The maximum absolute atomic E-state index is 12.1. The summed E-state index contributed by atoms with van der Waals surface area (Å²) in [4.78, 5) is 25.9. The molecule has 0 aliphatic carbocycles. The van der Waals surface area contributed by atoms with E-state index in [1.54, 1.807) is 6.07 Å². The van der Waals surface area contributed by atoms with E-state index in [1.807, 2.05) is 11.4 Å². The molecule has 1 N–H and O–H groups in total. The van der Waals surface area contributed by atoms with Gasteiger partial charge in [0.25, 0.3) is 0 Å². The summed E-state index contributed by atoms with van der Waals surface area (Å²) in [6, 6.07) is 2.84. The molecule has 1 aliphatic rings. The number of rotatable bonds is 4. The number of nitriles is 1. The number of hydrogen-bond donors (Lipinski definition) is 1. The van der Waals surface area contributed by atoms with Gasteiger partial charge in [-0.1, -0.05) is 0 Å². The van der Waals surface area contributed by atoms with Crippen LogP contribution in [0, 0.1) is 11.3 Å². The van der Waals surface area contributed by atoms with Crippen LogP contribution < -0.4 is 0 Å². The van der Waals surface area contributed by atoms with Crippen LogP contribution in [0.2, 0.25) is 0 Å². The highest BCUT2D eigenvalue weighted by Gasteiger charge is 2.36. The smallest absolute Gasteiger partial charge is 0.331 e. The molecule has 0 radical (unpaired) electrons. The average molecular weight is 296 g/mol. The highest BCUT2D eigenvalue weighted by molar-refractivity contribution is 8.00. The lowest BCUT2D eigenvalue weighted by atomic mass is 10.00. The lowest BCUT2D eigenvalue weighted by molar-refractivity contribution is -0.150. The molecule has 5 nitrogen and oxygen atoms in total. The largest absolute Gasteiger partial charge is 0.479 e. The highest BCUT2D eigenvalue weighted by atomic mass is 32.2. The number of nitrogens with zero attached hydrogens (tertiary/aromatic N) is 2. The molecule has 0 bridgehead atoms. The van der Waals surface area contributed by atoms with Gasteiger partial charge >= 0.3 is 5.97 Å². The van der Waals surface area contributed by atoms with E-state index >= 15 is 0 Å². The number of amides is 1. The molecule has 7 heteroatoms. The van der Waals surface area contributed by atoms with Crippen molar-refractivity contribution in [3.05, 3.63) is 21.9 Å². The number of hydrogen-bond acceptors (Lipinski definition) is 5. The molecule has 0 fully saturated rings. The van der Waals surface area contributed by atoms with Gasteiger partial charge in [0.15, 0.2) is 6.04 Å². The standard InChI is InChI=1S/C12H12N2O3S2/c13-3-6-18-7-10(15)14-4-1-9-8(2-5-19-9)11(14)12(16)17/h2,5,11H,1,4,6-7H2,(H,16,17). The van der Waals surface area contributed by atoms with E-state index in [-0.39, 0.29) is 17.4 Å². The lowest BCUT2D eigenvalue weighted by Gasteiger charge is -2.33. The predicted molar refractivity (Wildman–Crippen MR) is 73.1 cm³/mol. The van der Waals surface area contributed by atoms with Crippen molar-refractivity contribution in [2.24, 2.45) is 0 Å². The highest BCUT2D eigenvalue weighted by Crippen LogP contribution is 2.33. The molecule has 1 amide bonds. The van der Waals surface area contributed by atoms with Gasteiger partial charge in [-0.15, -0.1) is 23.1 Å². The van der Waals surface area contributed by atoms with Crippen LogP contribution in [-0.2, 0) is 16.0 Å². The van der Waals surface area contributed by atoms with Crippen molar-refractivity contribution in [1.82, 2.24) is 4.90 Å². The summed E-state index contributed by atoms with van der Waals surface area (Å²) in [6.45, 7) is 0.427. The maximum atomic E-state index is 12.1. The van der Waals surface area contributed by atoms with Crippen LogP contribution in [0.4, 0.5) is 0 Å². The zero-order chi connectivity index (χ0) is 13.8. The van der Waals surface area contributed by atoms with E-state index in [2.05, 4.69) is 0 Å². The maximum Gasteiger partial charge on any atom is 0.331 e. The fourth-order valence-corrected chi connectivity index (χ4v) is 3.56. The Bertz CT molecular complexity index is 535. The molecule has 19 heavy (non-hydrogen) atoms. The Kier molecular flexibility index (Phi) is 4.45. The van der Waals surface area contributed by atoms with Gasteiger partial charge in [0, 0.05) is 11.4 Å². The van der Waals surface area contributed by atoms with Crippen molar-refractivity contribution >= 4 is 35.0 Å². The Morgan fingerprint density at radius 2 is 2.42 bits per heavy atom. The summed E-state index contributed by atoms with van der Waals surface area (Å²) in [5.74, 6) is -0.833. The third kappa shape index (κ3) is 2.91. The number of carboxylic acid groups (broad SMARTS) is 1. The van der Waals surface area contributed by atoms with Crippen LogP contribution in [0.1, 0.15) is 16.5 Å². The molecule has 0 aromatic carbocycles. The number of aliphatic carboxylic acids is 1. The summed E-state index contributed by atoms with van der Waals surface area (Å²) in [6.07, 6.45) is 0.700. The molecule has 0 saturated carbocycles. The number of thiophene rings is 1. The summed E-state index contributed by atoms with van der Waals surface area (Å²) in [5, 5.41) is 19.6. The lowest BCUT2D eigenvalue weighted by Crippen LogP contribution is -2.43. The second-order valence-corrected chi connectivity index (χ2v) is 6.01. The third-order valence-corrected chi connectivity index (χ3v) is 4.69. The average Bonchev–Trinajstić information content (AvgIpc) is 2.85. The number of carbonyl (C=O) groups is 2. The topological polar surface area (TPSA) is 81.4 Å². The van der Waals surface area contributed by atoms with E-state index in [1.165, 1.54) is 28.0 Å². The Morgan fingerprint density at radius 1 is 1.63 bits per heavy atom. The van der Waals surface area contributed by atoms with Crippen LogP contribution in [0.5, 0.6) is 0 Å². The minimum atomic E-state index is -1.00. The van der Waals surface area contributed by atoms with Gasteiger partial charge in [-0.05, 0) is 23.4 Å². The predicted octanol–water partition coefficient (Wildman–Crippen LogP) is 1.52. The van der Waals surface area contributed by atoms with Crippen LogP contribution in [0.3, 0.4) is 0 Å². The molecule has 1 aromatic heterocycles. The van der Waals surface area contributed by atoms with Crippen LogP contribution in [-0.4, -0.2) is 39.9 Å². The van der Waals surface area contributed by atoms with Crippen molar-refractivity contribution in [1.29, 1.82) is 5.26 Å². The summed E-state index contributed by atoms with van der Waals surface area (Å²) >= 11 is 2.74. The molecule has 1 atom stereocenters. The fourth-order valence-electron chi connectivity index (χ4n) is 2.12.